The second kappa shape index (κ2) is 4.45. The minimum absolute atomic E-state index is 0.00420. The van der Waals surface area contributed by atoms with Gasteiger partial charge in [0, 0.05) is 12.3 Å². The highest BCUT2D eigenvalue weighted by Crippen LogP contribution is 2.74. The van der Waals surface area contributed by atoms with E-state index < -0.39 is 5.60 Å². The molecule has 0 aromatic carbocycles. The lowest BCUT2D eigenvalue weighted by Crippen LogP contribution is -2.65. The van der Waals surface area contributed by atoms with Crippen molar-refractivity contribution in [3.05, 3.63) is 0 Å². The normalized spacial score (nSPS) is 54.4. The summed E-state index contributed by atoms with van der Waals surface area (Å²) in [5.41, 5.74) is -0.655. The first-order chi connectivity index (χ1) is 9.27. The molecule has 20 heavy (non-hydrogen) atoms. The Balaban J connectivity index is 2.05. The number of ether oxygens (including phenoxy) is 1. The number of carbonyl (C=O) groups excluding carboxylic acids is 1. The molecule has 4 heteroatoms. The van der Waals surface area contributed by atoms with E-state index in [1.54, 1.807) is 0 Å². The first-order valence-corrected chi connectivity index (χ1v) is 8.72. The van der Waals surface area contributed by atoms with Crippen LogP contribution in [0.5, 0.6) is 0 Å². The fourth-order valence-corrected chi connectivity index (χ4v) is 6.67. The molecule has 3 nitrogen and oxygen atoms in total. The Morgan fingerprint density at radius 3 is 2.70 bits per heavy atom. The average Bonchev–Trinajstić information content (AvgIpc) is 2.85. The minimum Gasteiger partial charge on any atom is -0.461 e. The molecule has 0 heterocycles. The van der Waals surface area contributed by atoms with Crippen LogP contribution in [0.3, 0.4) is 0 Å². The molecule has 3 aliphatic carbocycles. The summed E-state index contributed by atoms with van der Waals surface area (Å²) in [6.07, 6.45) is 6.45. The van der Waals surface area contributed by atoms with E-state index in [9.17, 15) is 9.90 Å². The molecule has 3 fully saturated rings. The predicted molar refractivity (Wildman–Crippen MR) is 80.6 cm³/mol. The highest BCUT2D eigenvalue weighted by atomic mass is 79.9. The van der Waals surface area contributed by atoms with Crippen molar-refractivity contribution in [3.8, 4) is 0 Å². The van der Waals surface area contributed by atoms with Crippen molar-refractivity contribution in [2.75, 3.05) is 0 Å². The maximum atomic E-state index is 11.4. The van der Waals surface area contributed by atoms with E-state index in [1.165, 1.54) is 26.2 Å². The molecule has 3 saturated carbocycles. The van der Waals surface area contributed by atoms with Crippen molar-refractivity contribution in [3.63, 3.8) is 0 Å². The van der Waals surface area contributed by atoms with Crippen LogP contribution >= 0.6 is 15.9 Å². The molecular weight excluding hydrogens is 320 g/mol. The SMILES string of the molecule is CC(=O)O[C@H]1C[C@]23CCC[C@]2(CCC3C)C(C)(O)C1Br. The minimum atomic E-state index is -0.813. The molecule has 0 bridgehead atoms. The second-order valence-electron chi connectivity index (χ2n) is 7.43. The number of aliphatic hydroxyl groups is 1. The molecule has 0 spiro atoms. The van der Waals surface area contributed by atoms with Gasteiger partial charge in [0.1, 0.15) is 6.10 Å². The Morgan fingerprint density at radius 1 is 1.35 bits per heavy atom. The summed E-state index contributed by atoms with van der Waals surface area (Å²) in [4.78, 5) is 11.2. The number of hydrogen-bond acceptors (Lipinski definition) is 3. The number of alkyl halides is 1. The van der Waals surface area contributed by atoms with E-state index in [2.05, 4.69) is 22.9 Å². The molecule has 3 rings (SSSR count). The summed E-state index contributed by atoms with van der Waals surface area (Å²) in [5, 5.41) is 11.3. The Labute approximate surface area is 129 Å². The molecule has 114 valence electrons. The van der Waals surface area contributed by atoms with Gasteiger partial charge >= 0.3 is 5.97 Å². The van der Waals surface area contributed by atoms with Gasteiger partial charge in [-0.2, -0.15) is 0 Å². The van der Waals surface area contributed by atoms with E-state index in [4.69, 9.17) is 4.74 Å². The molecule has 0 aliphatic heterocycles. The summed E-state index contributed by atoms with van der Waals surface area (Å²) >= 11 is 3.66. The van der Waals surface area contributed by atoms with Gasteiger partial charge in [0.15, 0.2) is 0 Å². The largest absolute Gasteiger partial charge is 0.461 e. The van der Waals surface area contributed by atoms with E-state index in [1.807, 2.05) is 6.92 Å². The smallest absolute Gasteiger partial charge is 0.302 e. The molecule has 0 aromatic rings. The Bertz CT molecular complexity index is 435. The van der Waals surface area contributed by atoms with Gasteiger partial charge in [-0.1, -0.05) is 29.3 Å². The van der Waals surface area contributed by atoms with Crippen molar-refractivity contribution < 1.29 is 14.6 Å². The fourth-order valence-electron chi connectivity index (χ4n) is 5.94. The van der Waals surface area contributed by atoms with Gasteiger partial charge in [-0.05, 0) is 50.4 Å². The lowest BCUT2D eigenvalue weighted by molar-refractivity contribution is -0.193. The fraction of sp³-hybridized carbons (Fsp3) is 0.938. The third kappa shape index (κ3) is 1.58. The van der Waals surface area contributed by atoms with Crippen LogP contribution in [0.15, 0.2) is 0 Å². The Morgan fingerprint density at radius 2 is 2.05 bits per heavy atom. The molecule has 0 amide bonds. The van der Waals surface area contributed by atoms with Crippen LogP contribution in [0.2, 0.25) is 0 Å². The summed E-state index contributed by atoms with van der Waals surface area (Å²) in [6, 6.07) is 0. The van der Waals surface area contributed by atoms with Crippen molar-refractivity contribution >= 4 is 21.9 Å². The van der Waals surface area contributed by atoms with Gasteiger partial charge in [0.05, 0.1) is 10.4 Å². The molecule has 0 aromatic heterocycles. The van der Waals surface area contributed by atoms with E-state index in [-0.39, 0.29) is 27.7 Å². The second-order valence-corrected chi connectivity index (χ2v) is 8.42. The molecule has 3 unspecified atom stereocenters. The number of hydrogen-bond donors (Lipinski definition) is 1. The zero-order valence-corrected chi connectivity index (χ0v) is 14.2. The highest BCUT2D eigenvalue weighted by Gasteiger charge is 2.73. The maximum absolute atomic E-state index is 11.4. The van der Waals surface area contributed by atoms with Crippen LogP contribution in [-0.2, 0) is 9.53 Å². The number of halogens is 1. The Kier molecular flexibility index (Phi) is 3.30. The summed E-state index contributed by atoms with van der Waals surface area (Å²) < 4.78 is 5.55. The highest BCUT2D eigenvalue weighted by molar-refractivity contribution is 9.09. The van der Waals surface area contributed by atoms with Gasteiger partial charge < -0.3 is 9.84 Å². The summed E-state index contributed by atoms with van der Waals surface area (Å²) in [5.74, 6) is 0.359. The molecule has 0 radical (unpaired) electrons. The lowest BCUT2D eigenvalue weighted by atomic mass is 9.50. The summed E-state index contributed by atoms with van der Waals surface area (Å²) in [7, 11) is 0. The number of esters is 1. The topological polar surface area (TPSA) is 46.5 Å². The van der Waals surface area contributed by atoms with Crippen LogP contribution in [0.4, 0.5) is 0 Å². The van der Waals surface area contributed by atoms with Crippen molar-refractivity contribution in [1.82, 2.24) is 0 Å². The van der Waals surface area contributed by atoms with Gasteiger partial charge in [-0.25, -0.2) is 0 Å². The zero-order chi connectivity index (χ0) is 14.8. The van der Waals surface area contributed by atoms with Gasteiger partial charge in [-0.3, -0.25) is 4.79 Å². The molecule has 6 atom stereocenters. The third-order valence-corrected chi connectivity index (χ3v) is 8.32. The number of carbonyl (C=O) groups is 1. The van der Waals surface area contributed by atoms with E-state index in [0.717, 1.165) is 19.3 Å². The molecule has 3 aliphatic rings. The third-order valence-electron chi connectivity index (χ3n) is 6.84. The number of rotatable bonds is 1. The molecule has 0 saturated heterocycles. The van der Waals surface area contributed by atoms with Crippen LogP contribution in [0.1, 0.15) is 59.3 Å². The van der Waals surface area contributed by atoms with Crippen LogP contribution in [0.25, 0.3) is 0 Å². The monoisotopic (exact) mass is 344 g/mol. The average molecular weight is 345 g/mol. The Hall–Kier alpha value is -0.0900. The zero-order valence-electron chi connectivity index (χ0n) is 12.6. The van der Waals surface area contributed by atoms with Gasteiger partial charge in [0.25, 0.3) is 0 Å². The lowest BCUT2D eigenvalue weighted by Gasteiger charge is -2.59. The van der Waals surface area contributed by atoms with E-state index >= 15 is 0 Å². The standard InChI is InChI=1S/C16H25BrO3/c1-10-5-8-16-7-4-6-15(10,16)9-12(20-11(2)18)13(17)14(16,3)19/h10,12-13,19H,4-9H2,1-3H3/t10?,12-,13?,14?,15-,16-/m0/s1. The molecular formula is C16H25BrO3. The predicted octanol–water partition coefficient (Wildman–Crippen LogP) is 3.42. The quantitative estimate of drug-likeness (QED) is 0.585. The van der Waals surface area contributed by atoms with Crippen molar-refractivity contribution in [2.24, 2.45) is 16.7 Å². The van der Waals surface area contributed by atoms with Gasteiger partial charge in [0.2, 0.25) is 0 Å². The van der Waals surface area contributed by atoms with E-state index in [0.29, 0.717) is 5.92 Å². The van der Waals surface area contributed by atoms with Crippen LogP contribution < -0.4 is 0 Å². The van der Waals surface area contributed by atoms with Gasteiger partial charge in [-0.15, -0.1) is 0 Å². The maximum Gasteiger partial charge on any atom is 0.302 e. The van der Waals surface area contributed by atoms with Crippen molar-refractivity contribution in [2.45, 2.75) is 75.8 Å². The first-order valence-electron chi connectivity index (χ1n) is 7.80. The van der Waals surface area contributed by atoms with Crippen LogP contribution in [0, 0.1) is 16.7 Å². The summed E-state index contributed by atoms with van der Waals surface area (Å²) in [6.45, 7) is 5.74. The van der Waals surface area contributed by atoms with Crippen LogP contribution in [-0.4, -0.2) is 27.6 Å². The van der Waals surface area contributed by atoms with Crippen molar-refractivity contribution in [1.29, 1.82) is 0 Å². The first kappa shape index (κ1) is 14.8. The molecule has 1 N–H and O–H groups in total.